The van der Waals surface area contributed by atoms with Crippen LogP contribution in [0.15, 0.2) is 36.4 Å². The molecule has 126 valence electrons. The zero-order valence-electron chi connectivity index (χ0n) is 14.1. The van der Waals surface area contributed by atoms with Gasteiger partial charge in [0.15, 0.2) is 11.5 Å². The number of nitrogens with one attached hydrogen (secondary N) is 2. The maximum atomic E-state index is 12.3. The lowest BCUT2D eigenvalue weighted by Crippen LogP contribution is -2.35. The van der Waals surface area contributed by atoms with E-state index in [0.29, 0.717) is 11.5 Å². The number of carbonyl (C=O) groups excluding carboxylic acids is 1. The van der Waals surface area contributed by atoms with E-state index < -0.39 is 0 Å². The Kier molecular flexibility index (Phi) is 5.41. The number of hydrogen-bond donors (Lipinski definition) is 2. The summed E-state index contributed by atoms with van der Waals surface area (Å²) in [6.45, 7) is 2.03. The number of rotatable bonds is 4. The number of aryl methyl sites for hydroxylation is 1. The van der Waals surface area contributed by atoms with Crippen LogP contribution in [0.2, 0.25) is 0 Å². The SMILES string of the molecule is Cc1ccccc1Nc1ccc(C(=O)NC2CCCCCC2)nn1. The number of amides is 1. The number of hydrogen-bond acceptors (Lipinski definition) is 4. The molecule has 0 aliphatic heterocycles. The van der Waals surface area contributed by atoms with Crippen molar-refractivity contribution in [3.8, 4) is 0 Å². The first kappa shape index (κ1) is 16.4. The Morgan fingerprint density at radius 2 is 1.75 bits per heavy atom. The Morgan fingerprint density at radius 3 is 2.42 bits per heavy atom. The third-order valence-corrected chi connectivity index (χ3v) is 4.50. The summed E-state index contributed by atoms with van der Waals surface area (Å²) < 4.78 is 0. The molecular weight excluding hydrogens is 300 g/mol. The van der Waals surface area contributed by atoms with Gasteiger partial charge in [0.1, 0.15) is 0 Å². The Hall–Kier alpha value is -2.43. The average Bonchev–Trinajstić information content (AvgIpc) is 2.86. The van der Waals surface area contributed by atoms with Crippen LogP contribution in [-0.2, 0) is 0 Å². The minimum Gasteiger partial charge on any atom is -0.348 e. The standard InChI is InChI=1S/C19H24N4O/c1-14-8-6-7-11-16(14)21-18-13-12-17(22-23-18)19(24)20-15-9-4-2-3-5-10-15/h6-8,11-13,15H,2-5,9-10H2,1H3,(H,20,24)(H,21,23). The average molecular weight is 324 g/mol. The summed E-state index contributed by atoms with van der Waals surface area (Å²) in [6.07, 6.45) is 7.04. The van der Waals surface area contributed by atoms with Crippen LogP contribution in [-0.4, -0.2) is 22.1 Å². The van der Waals surface area contributed by atoms with E-state index in [1.54, 1.807) is 12.1 Å². The Labute approximate surface area is 142 Å². The Balaban J connectivity index is 1.61. The summed E-state index contributed by atoms with van der Waals surface area (Å²) in [6, 6.07) is 11.8. The smallest absolute Gasteiger partial charge is 0.272 e. The van der Waals surface area contributed by atoms with Gasteiger partial charge in [-0.1, -0.05) is 43.9 Å². The van der Waals surface area contributed by atoms with Crippen molar-refractivity contribution < 1.29 is 4.79 Å². The summed E-state index contributed by atoms with van der Waals surface area (Å²) in [5.74, 6) is 0.507. The van der Waals surface area contributed by atoms with Gasteiger partial charge in [-0.2, -0.15) is 0 Å². The van der Waals surface area contributed by atoms with Crippen LogP contribution in [0.5, 0.6) is 0 Å². The zero-order valence-corrected chi connectivity index (χ0v) is 14.1. The number of anilines is 2. The molecule has 0 unspecified atom stereocenters. The first-order valence-corrected chi connectivity index (χ1v) is 8.69. The quantitative estimate of drug-likeness (QED) is 0.835. The van der Waals surface area contributed by atoms with Gasteiger partial charge < -0.3 is 10.6 Å². The molecule has 0 bridgehead atoms. The number of nitrogens with zero attached hydrogens (tertiary/aromatic N) is 2. The summed E-state index contributed by atoms with van der Waals surface area (Å²) in [7, 11) is 0. The first-order valence-electron chi connectivity index (χ1n) is 8.69. The van der Waals surface area contributed by atoms with Gasteiger partial charge >= 0.3 is 0 Å². The highest BCUT2D eigenvalue weighted by Gasteiger charge is 2.16. The molecule has 3 rings (SSSR count). The molecular formula is C19H24N4O. The van der Waals surface area contributed by atoms with Crippen molar-refractivity contribution in [2.75, 3.05) is 5.32 Å². The van der Waals surface area contributed by atoms with Crippen LogP contribution in [0.3, 0.4) is 0 Å². The Morgan fingerprint density at radius 1 is 1.00 bits per heavy atom. The predicted molar refractivity (Wildman–Crippen MR) is 95.4 cm³/mol. The molecule has 24 heavy (non-hydrogen) atoms. The molecule has 1 saturated carbocycles. The highest BCUT2D eigenvalue weighted by molar-refractivity contribution is 5.92. The lowest BCUT2D eigenvalue weighted by atomic mass is 10.1. The lowest BCUT2D eigenvalue weighted by Gasteiger charge is -2.15. The van der Waals surface area contributed by atoms with Crippen LogP contribution in [0.25, 0.3) is 0 Å². The summed E-state index contributed by atoms with van der Waals surface area (Å²) in [5, 5.41) is 14.5. The monoisotopic (exact) mass is 324 g/mol. The topological polar surface area (TPSA) is 66.9 Å². The molecule has 2 N–H and O–H groups in total. The number of para-hydroxylation sites is 1. The molecule has 1 aliphatic carbocycles. The molecule has 0 atom stereocenters. The molecule has 5 heteroatoms. The zero-order chi connectivity index (χ0) is 16.8. The van der Waals surface area contributed by atoms with Crippen molar-refractivity contribution in [1.29, 1.82) is 0 Å². The van der Waals surface area contributed by atoms with Crippen LogP contribution < -0.4 is 10.6 Å². The molecule has 1 fully saturated rings. The maximum Gasteiger partial charge on any atom is 0.272 e. The summed E-state index contributed by atoms with van der Waals surface area (Å²) in [4.78, 5) is 12.3. The van der Waals surface area contributed by atoms with Crippen molar-refractivity contribution >= 4 is 17.4 Å². The van der Waals surface area contributed by atoms with Crippen LogP contribution in [0.4, 0.5) is 11.5 Å². The second-order valence-corrected chi connectivity index (χ2v) is 6.41. The van der Waals surface area contributed by atoms with Crippen molar-refractivity contribution in [3.05, 3.63) is 47.7 Å². The molecule has 0 radical (unpaired) electrons. The molecule has 0 saturated heterocycles. The molecule has 5 nitrogen and oxygen atoms in total. The van der Waals surface area contributed by atoms with Gasteiger partial charge in [-0.25, -0.2) is 0 Å². The summed E-state index contributed by atoms with van der Waals surface area (Å²) in [5.41, 5.74) is 2.49. The molecule has 1 aromatic heterocycles. The van der Waals surface area contributed by atoms with Crippen LogP contribution in [0, 0.1) is 6.92 Å². The van der Waals surface area contributed by atoms with E-state index in [4.69, 9.17) is 0 Å². The minimum absolute atomic E-state index is 0.128. The minimum atomic E-state index is -0.128. The van der Waals surface area contributed by atoms with Gasteiger partial charge in [0.2, 0.25) is 0 Å². The largest absolute Gasteiger partial charge is 0.348 e. The van der Waals surface area contributed by atoms with E-state index in [1.165, 1.54) is 25.7 Å². The fraction of sp³-hybridized carbons (Fsp3) is 0.421. The van der Waals surface area contributed by atoms with E-state index in [2.05, 4.69) is 20.8 Å². The van der Waals surface area contributed by atoms with Crippen molar-refractivity contribution in [2.45, 2.75) is 51.5 Å². The number of benzene rings is 1. The molecule has 1 aliphatic rings. The van der Waals surface area contributed by atoms with Gasteiger partial charge in [0.05, 0.1) is 0 Å². The van der Waals surface area contributed by atoms with Gasteiger partial charge in [-0.05, 0) is 43.5 Å². The van der Waals surface area contributed by atoms with E-state index in [9.17, 15) is 4.79 Å². The van der Waals surface area contributed by atoms with Gasteiger partial charge in [0.25, 0.3) is 5.91 Å². The molecule has 1 heterocycles. The number of aromatic nitrogens is 2. The highest BCUT2D eigenvalue weighted by atomic mass is 16.2. The van der Waals surface area contributed by atoms with E-state index >= 15 is 0 Å². The Bertz CT molecular complexity index is 676. The maximum absolute atomic E-state index is 12.3. The van der Waals surface area contributed by atoms with Gasteiger partial charge in [0, 0.05) is 11.7 Å². The van der Waals surface area contributed by atoms with Crippen molar-refractivity contribution in [2.24, 2.45) is 0 Å². The molecule has 1 aromatic carbocycles. The number of carbonyl (C=O) groups is 1. The van der Waals surface area contributed by atoms with Gasteiger partial charge in [-0.15, -0.1) is 10.2 Å². The second kappa shape index (κ2) is 7.90. The molecule has 0 spiro atoms. The normalized spacial score (nSPS) is 15.5. The van der Waals surface area contributed by atoms with E-state index in [0.717, 1.165) is 24.1 Å². The van der Waals surface area contributed by atoms with E-state index in [1.807, 2.05) is 31.2 Å². The fourth-order valence-corrected chi connectivity index (χ4v) is 3.05. The van der Waals surface area contributed by atoms with E-state index in [-0.39, 0.29) is 11.9 Å². The third kappa shape index (κ3) is 4.31. The lowest BCUT2D eigenvalue weighted by molar-refractivity contribution is 0.0927. The highest BCUT2D eigenvalue weighted by Crippen LogP contribution is 2.19. The predicted octanol–water partition coefficient (Wildman–Crippen LogP) is 3.98. The van der Waals surface area contributed by atoms with Crippen LogP contribution in [0.1, 0.15) is 54.6 Å². The first-order chi connectivity index (χ1) is 11.7. The fourth-order valence-electron chi connectivity index (χ4n) is 3.05. The van der Waals surface area contributed by atoms with Gasteiger partial charge in [-0.3, -0.25) is 4.79 Å². The van der Waals surface area contributed by atoms with Crippen LogP contribution >= 0.6 is 0 Å². The third-order valence-electron chi connectivity index (χ3n) is 4.50. The second-order valence-electron chi connectivity index (χ2n) is 6.41. The molecule has 2 aromatic rings. The summed E-state index contributed by atoms with van der Waals surface area (Å²) >= 11 is 0. The molecule has 1 amide bonds. The van der Waals surface area contributed by atoms with Crippen molar-refractivity contribution in [3.63, 3.8) is 0 Å². The van der Waals surface area contributed by atoms with Crippen molar-refractivity contribution in [1.82, 2.24) is 15.5 Å².